The molecule has 2 amide bonds. The Kier molecular flexibility index (Phi) is 6.74. The minimum atomic E-state index is -0.360. The van der Waals surface area contributed by atoms with Crippen LogP contribution in [0.2, 0.25) is 0 Å². The number of benzene rings is 3. The lowest BCUT2D eigenvalue weighted by Gasteiger charge is -2.18. The summed E-state index contributed by atoms with van der Waals surface area (Å²) in [5.41, 5.74) is 7.37. The van der Waals surface area contributed by atoms with Crippen LogP contribution < -0.4 is 29.8 Å². The molecule has 2 N–H and O–H groups in total. The average Bonchev–Trinajstić information content (AvgIpc) is 2.93. The van der Waals surface area contributed by atoms with Gasteiger partial charge in [0.05, 0.1) is 12.4 Å². The fourth-order valence-corrected chi connectivity index (χ4v) is 3.50. The molecule has 0 bridgehead atoms. The van der Waals surface area contributed by atoms with Crippen LogP contribution in [0.4, 0.5) is 0 Å². The van der Waals surface area contributed by atoms with E-state index in [0.717, 1.165) is 11.1 Å². The van der Waals surface area contributed by atoms with E-state index in [1.54, 1.807) is 36.4 Å². The van der Waals surface area contributed by atoms with Crippen LogP contribution in [0.5, 0.6) is 23.0 Å². The van der Waals surface area contributed by atoms with Crippen LogP contribution in [0.15, 0.2) is 70.9 Å². The number of amides is 2. The number of hydrogen-bond acceptors (Lipinski definition) is 8. The minimum Gasteiger partial charge on any atom is -0.486 e. The minimum absolute atomic E-state index is 0.360. The van der Waals surface area contributed by atoms with Gasteiger partial charge in [-0.15, -0.1) is 0 Å². The van der Waals surface area contributed by atoms with Crippen molar-refractivity contribution in [2.75, 3.05) is 26.4 Å². The Bertz CT molecular complexity index is 1230. The Morgan fingerprint density at radius 2 is 0.972 bits per heavy atom. The van der Waals surface area contributed by atoms with E-state index in [0.29, 0.717) is 60.6 Å². The molecule has 0 fully saturated rings. The van der Waals surface area contributed by atoms with E-state index in [2.05, 4.69) is 21.1 Å². The second kappa shape index (κ2) is 10.6. The number of carbonyl (C=O) groups is 2. The zero-order chi connectivity index (χ0) is 24.7. The molecule has 0 saturated heterocycles. The van der Waals surface area contributed by atoms with Crippen LogP contribution in [-0.4, -0.2) is 50.7 Å². The molecule has 5 rings (SSSR count). The van der Waals surface area contributed by atoms with Crippen LogP contribution in [-0.2, 0) is 0 Å². The summed E-state index contributed by atoms with van der Waals surface area (Å²) in [4.78, 5) is 24.7. The van der Waals surface area contributed by atoms with E-state index in [9.17, 15) is 9.59 Å². The zero-order valence-corrected chi connectivity index (χ0v) is 19.1. The Hall–Kier alpha value is -4.86. The fraction of sp³-hybridized carbons (Fsp3) is 0.154. The van der Waals surface area contributed by atoms with Gasteiger partial charge < -0.3 is 18.9 Å². The Balaban J connectivity index is 1.12. The van der Waals surface area contributed by atoms with Gasteiger partial charge >= 0.3 is 0 Å². The van der Waals surface area contributed by atoms with Gasteiger partial charge in [0.25, 0.3) is 11.8 Å². The van der Waals surface area contributed by atoms with E-state index in [1.807, 2.05) is 24.3 Å². The van der Waals surface area contributed by atoms with Gasteiger partial charge in [-0.1, -0.05) is 24.3 Å². The molecule has 0 unspecified atom stereocenters. The summed E-state index contributed by atoms with van der Waals surface area (Å²) in [6.07, 6.45) is 3.06. The molecule has 3 aromatic carbocycles. The second-order valence-corrected chi connectivity index (χ2v) is 7.78. The topological polar surface area (TPSA) is 120 Å². The molecule has 3 aromatic rings. The number of nitrogens with one attached hydrogen (secondary N) is 2. The first-order valence-electron chi connectivity index (χ1n) is 11.2. The van der Waals surface area contributed by atoms with Crippen molar-refractivity contribution in [1.29, 1.82) is 0 Å². The van der Waals surface area contributed by atoms with Gasteiger partial charge in [0.1, 0.15) is 26.4 Å². The molecule has 0 aromatic heterocycles. The molecule has 2 aliphatic rings. The predicted molar refractivity (Wildman–Crippen MR) is 131 cm³/mol. The third kappa shape index (κ3) is 5.44. The fourth-order valence-electron chi connectivity index (χ4n) is 3.50. The van der Waals surface area contributed by atoms with Gasteiger partial charge in [-0.05, 0) is 47.5 Å². The number of nitrogens with zero attached hydrogens (tertiary/aromatic N) is 2. The first-order valence-corrected chi connectivity index (χ1v) is 11.2. The quantitative estimate of drug-likeness (QED) is 0.408. The predicted octanol–water partition coefficient (Wildman–Crippen LogP) is 2.76. The number of ether oxygens (including phenoxy) is 4. The van der Waals surface area contributed by atoms with Crippen molar-refractivity contribution in [1.82, 2.24) is 10.9 Å². The number of carbonyl (C=O) groups excluding carboxylic acids is 2. The van der Waals surface area contributed by atoms with Gasteiger partial charge in [0, 0.05) is 11.1 Å². The smallest absolute Gasteiger partial charge is 0.271 e. The van der Waals surface area contributed by atoms with Crippen LogP contribution in [0.1, 0.15) is 31.8 Å². The normalized spacial score (nSPS) is 14.0. The third-order valence-corrected chi connectivity index (χ3v) is 5.30. The molecule has 36 heavy (non-hydrogen) atoms. The summed E-state index contributed by atoms with van der Waals surface area (Å²) in [7, 11) is 0. The molecule has 10 nitrogen and oxygen atoms in total. The molecule has 10 heteroatoms. The van der Waals surface area contributed by atoms with Crippen LogP contribution in [0.3, 0.4) is 0 Å². The molecule has 0 atom stereocenters. The lowest BCUT2D eigenvalue weighted by atomic mass is 10.1. The monoisotopic (exact) mass is 486 g/mol. The summed E-state index contributed by atoms with van der Waals surface area (Å²) < 4.78 is 21.9. The van der Waals surface area contributed by atoms with Crippen molar-refractivity contribution in [3.8, 4) is 23.0 Å². The molecule has 2 heterocycles. The average molecular weight is 486 g/mol. The molecule has 0 radical (unpaired) electrons. The maximum absolute atomic E-state index is 12.3. The number of hydrogen-bond donors (Lipinski definition) is 2. The highest BCUT2D eigenvalue weighted by atomic mass is 16.6. The van der Waals surface area contributed by atoms with E-state index >= 15 is 0 Å². The van der Waals surface area contributed by atoms with Crippen molar-refractivity contribution in [2.45, 2.75) is 0 Å². The van der Waals surface area contributed by atoms with Gasteiger partial charge in [-0.25, -0.2) is 10.9 Å². The van der Waals surface area contributed by atoms with Crippen molar-refractivity contribution in [2.24, 2.45) is 10.2 Å². The summed E-state index contributed by atoms with van der Waals surface area (Å²) in [5, 5.41) is 8.01. The molecule has 2 aliphatic heterocycles. The maximum Gasteiger partial charge on any atom is 0.271 e. The first-order chi connectivity index (χ1) is 17.7. The molecule has 0 saturated carbocycles. The van der Waals surface area contributed by atoms with Gasteiger partial charge in [0.15, 0.2) is 23.0 Å². The van der Waals surface area contributed by atoms with E-state index in [1.165, 1.54) is 12.4 Å². The highest BCUT2D eigenvalue weighted by Gasteiger charge is 2.15. The molecule has 182 valence electrons. The zero-order valence-electron chi connectivity index (χ0n) is 19.1. The standard InChI is InChI=1S/C26H22N4O6/c31-25(19-5-7-21-23(13-19)35-11-9-33-21)29-27-15-17-1-2-18(4-3-17)16-28-30-26(32)20-6-8-22-24(14-20)36-12-10-34-22/h1-8,13-16H,9-12H2,(H,29,31)(H,30,32). The SMILES string of the molecule is O=C(NN=Cc1ccc(C=NNC(=O)c2ccc3c(c2)OCCO3)cc1)c1ccc2c(c1)OCCO2. The lowest BCUT2D eigenvalue weighted by Crippen LogP contribution is -2.19. The Labute approximate surface area is 206 Å². The van der Waals surface area contributed by atoms with Gasteiger partial charge in [0.2, 0.25) is 0 Å². The molecule has 0 aliphatic carbocycles. The third-order valence-electron chi connectivity index (χ3n) is 5.30. The summed E-state index contributed by atoms with van der Waals surface area (Å²) in [6, 6.07) is 17.2. The Morgan fingerprint density at radius 3 is 1.39 bits per heavy atom. The maximum atomic E-state index is 12.3. The first kappa shape index (κ1) is 22.9. The van der Waals surface area contributed by atoms with Gasteiger partial charge in [-0.3, -0.25) is 9.59 Å². The molecule has 0 spiro atoms. The second-order valence-electron chi connectivity index (χ2n) is 7.78. The summed E-state index contributed by atoms with van der Waals surface area (Å²) in [6.45, 7) is 1.87. The lowest BCUT2D eigenvalue weighted by molar-refractivity contribution is 0.0946. The summed E-state index contributed by atoms with van der Waals surface area (Å²) >= 11 is 0. The van der Waals surface area contributed by atoms with Crippen LogP contribution in [0, 0.1) is 0 Å². The number of hydrazone groups is 2. The van der Waals surface area contributed by atoms with Crippen molar-refractivity contribution in [3.05, 3.63) is 82.9 Å². The summed E-state index contributed by atoms with van der Waals surface area (Å²) in [5.74, 6) is 1.59. The van der Waals surface area contributed by atoms with Crippen molar-refractivity contribution in [3.63, 3.8) is 0 Å². The highest BCUT2D eigenvalue weighted by Crippen LogP contribution is 2.31. The van der Waals surface area contributed by atoms with Crippen molar-refractivity contribution < 1.29 is 28.5 Å². The van der Waals surface area contributed by atoms with Crippen molar-refractivity contribution >= 4 is 24.2 Å². The largest absolute Gasteiger partial charge is 0.486 e. The number of fused-ring (bicyclic) bond motifs is 2. The van der Waals surface area contributed by atoms with Gasteiger partial charge in [-0.2, -0.15) is 10.2 Å². The van der Waals surface area contributed by atoms with E-state index < -0.39 is 0 Å². The van der Waals surface area contributed by atoms with E-state index in [4.69, 9.17) is 18.9 Å². The van der Waals surface area contributed by atoms with E-state index in [-0.39, 0.29) is 11.8 Å². The van der Waals surface area contributed by atoms with Crippen LogP contribution in [0.25, 0.3) is 0 Å². The molecular weight excluding hydrogens is 464 g/mol. The Morgan fingerprint density at radius 1 is 0.583 bits per heavy atom. The highest BCUT2D eigenvalue weighted by molar-refractivity contribution is 5.96. The van der Waals surface area contributed by atoms with Crippen LogP contribution >= 0.6 is 0 Å². The molecular formula is C26H22N4O6. The number of rotatable bonds is 6.